The molecule has 29 heavy (non-hydrogen) atoms. The molecule has 0 amide bonds. The number of hydrogen-bond acceptors (Lipinski definition) is 2. The van der Waals surface area contributed by atoms with Crippen molar-refractivity contribution in [2.24, 2.45) is 0 Å². The molecule has 0 spiro atoms. The third-order valence-corrected chi connectivity index (χ3v) is 10.3. The molecule has 0 unspecified atom stereocenters. The molecule has 0 aliphatic heterocycles. The van der Waals surface area contributed by atoms with Crippen molar-refractivity contribution in [2.75, 3.05) is 14.2 Å². The monoisotopic (exact) mass is 428 g/mol. The van der Waals surface area contributed by atoms with Crippen molar-refractivity contribution in [3.05, 3.63) is 0 Å². The first kappa shape index (κ1) is 29.1. The van der Waals surface area contributed by atoms with Crippen LogP contribution in [0.4, 0.5) is 0 Å². The normalized spacial score (nSPS) is 12.0. The van der Waals surface area contributed by atoms with Crippen LogP contribution in [0.25, 0.3) is 0 Å². The highest BCUT2D eigenvalue weighted by Crippen LogP contribution is 2.25. The molecule has 176 valence electrons. The summed E-state index contributed by atoms with van der Waals surface area (Å²) in [6, 6.07) is 2.37. The molecule has 0 radical (unpaired) electrons. The summed E-state index contributed by atoms with van der Waals surface area (Å²) in [5.74, 6) is 0. The van der Waals surface area contributed by atoms with Gasteiger partial charge < -0.3 is 8.85 Å². The number of rotatable bonds is 24. The van der Waals surface area contributed by atoms with Crippen LogP contribution in [0.5, 0.6) is 0 Å². The highest BCUT2D eigenvalue weighted by Gasteiger charge is 2.33. The fraction of sp³-hybridized carbons (Fsp3) is 1.00. The van der Waals surface area contributed by atoms with Gasteiger partial charge in [0.05, 0.1) is 0 Å². The SMILES string of the molecule is CCCCCCCCCCCCCCCCC[Si](CCCCCCC)(OC)OC. The van der Waals surface area contributed by atoms with Crippen LogP contribution in [0.1, 0.15) is 142 Å². The Kier molecular flexibility index (Phi) is 22.9. The lowest BCUT2D eigenvalue weighted by atomic mass is 10.0. The summed E-state index contributed by atoms with van der Waals surface area (Å²) in [5, 5.41) is 0. The highest BCUT2D eigenvalue weighted by atomic mass is 28.4. The molecular formula is C26H56O2Si. The van der Waals surface area contributed by atoms with Gasteiger partial charge in [0.15, 0.2) is 0 Å². The molecule has 3 heteroatoms. The van der Waals surface area contributed by atoms with Crippen LogP contribution in [0.2, 0.25) is 12.1 Å². The van der Waals surface area contributed by atoms with Gasteiger partial charge in [-0.05, 0) is 12.1 Å². The average Bonchev–Trinajstić information content (AvgIpc) is 2.75. The molecule has 0 aliphatic rings. The smallest absolute Gasteiger partial charge is 0.337 e. The van der Waals surface area contributed by atoms with Crippen LogP contribution in [0.15, 0.2) is 0 Å². The lowest BCUT2D eigenvalue weighted by Crippen LogP contribution is -2.39. The van der Waals surface area contributed by atoms with Crippen LogP contribution in [-0.2, 0) is 8.85 Å². The summed E-state index contributed by atoms with van der Waals surface area (Å²) in [7, 11) is 1.86. The van der Waals surface area contributed by atoms with Gasteiger partial charge in [-0.15, -0.1) is 0 Å². The fourth-order valence-corrected chi connectivity index (χ4v) is 7.19. The summed E-state index contributed by atoms with van der Waals surface area (Å²) in [4.78, 5) is 0. The highest BCUT2D eigenvalue weighted by molar-refractivity contribution is 6.67. The van der Waals surface area contributed by atoms with Gasteiger partial charge >= 0.3 is 8.56 Å². The summed E-state index contributed by atoms with van der Waals surface area (Å²) < 4.78 is 11.9. The molecule has 0 saturated heterocycles. The van der Waals surface area contributed by atoms with Crippen LogP contribution in [0, 0.1) is 0 Å². The van der Waals surface area contributed by atoms with Crippen molar-refractivity contribution in [2.45, 2.75) is 154 Å². The van der Waals surface area contributed by atoms with Crippen molar-refractivity contribution >= 4 is 8.56 Å². The third-order valence-electron chi connectivity index (χ3n) is 6.57. The molecule has 0 bridgehead atoms. The minimum atomic E-state index is -1.91. The van der Waals surface area contributed by atoms with E-state index >= 15 is 0 Å². The van der Waals surface area contributed by atoms with E-state index in [1.165, 1.54) is 141 Å². The maximum atomic E-state index is 5.93. The Balaban J connectivity index is 3.49. The second-order valence-electron chi connectivity index (χ2n) is 9.18. The Hall–Kier alpha value is 0.137. The molecule has 0 aliphatic carbocycles. The van der Waals surface area contributed by atoms with Crippen LogP contribution >= 0.6 is 0 Å². The van der Waals surface area contributed by atoms with E-state index in [4.69, 9.17) is 8.85 Å². The minimum absolute atomic E-state index is 1.18. The van der Waals surface area contributed by atoms with E-state index in [1.807, 2.05) is 14.2 Å². The van der Waals surface area contributed by atoms with Gasteiger partial charge in [0.25, 0.3) is 0 Å². The zero-order chi connectivity index (χ0) is 21.5. The third kappa shape index (κ3) is 18.6. The topological polar surface area (TPSA) is 18.5 Å². The Morgan fingerprint density at radius 3 is 0.862 bits per heavy atom. The maximum absolute atomic E-state index is 5.93. The van der Waals surface area contributed by atoms with E-state index in [0.717, 1.165) is 0 Å². The Morgan fingerprint density at radius 2 is 0.621 bits per heavy atom. The maximum Gasteiger partial charge on any atom is 0.337 e. The first-order chi connectivity index (χ1) is 14.2. The summed E-state index contributed by atoms with van der Waals surface area (Å²) in [6.45, 7) is 4.57. The van der Waals surface area contributed by atoms with E-state index in [0.29, 0.717) is 0 Å². The number of hydrogen-bond donors (Lipinski definition) is 0. The second-order valence-corrected chi connectivity index (χ2v) is 12.8. The van der Waals surface area contributed by atoms with E-state index in [9.17, 15) is 0 Å². The Morgan fingerprint density at radius 1 is 0.379 bits per heavy atom. The van der Waals surface area contributed by atoms with Gasteiger partial charge in [0.2, 0.25) is 0 Å². The van der Waals surface area contributed by atoms with E-state index in [2.05, 4.69) is 13.8 Å². The van der Waals surface area contributed by atoms with Crippen molar-refractivity contribution in [3.8, 4) is 0 Å². The van der Waals surface area contributed by atoms with Crippen molar-refractivity contribution in [1.29, 1.82) is 0 Å². The first-order valence-corrected chi connectivity index (χ1v) is 15.6. The van der Waals surface area contributed by atoms with Crippen molar-refractivity contribution in [1.82, 2.24) is 0 Å². The molecule has 0 fully saturated rings. The lowest BCUT2D eigenvalue weighted by molar-refractivity contribution is 0.238. The van der Waals surface area contributed by atoms with Gasteiger partial charge in [-0.25, -0.2) is 0 Å². The molecule has 0 atom stereocenters. The van der Waals surface area contributed by atoms with E-state index in [1.54, 1.807) is 0 Å². The predicted octanol–water partition coefficient (Wildman–Crippen LogP) is 9.56. The summed E-state index contributed by atoms with van der Waals surface area (Å²) >= 11 is 0. The van der Waals surface area contributed by atoms with Gasteiger partial charge in [-0.1, -0.05) is 142 Å². The van der Waals surface area contributed by atoms with Gasteiger partial charge in [0, 0.05) is 14.2 Å². The van der Waals surface area contributed by atoms with Crippen LogP contribution in [-0.4, -0.2) is 22.8 Å². The molecule has 0 heterocycles. The largest absolute Gasteiger partial charge is 0.398 e. The Labute approximate surface area is 186 Å². The molecular weight excluding hydrogens is 372 g/mol. The zero-order valence-electron chi connectivity index (χ0n) is 20.9. The first-order valence-electron chi connectivity index (χ1n) is 13.3. The standard InChI is InChI=1S/C26H56O2Si/c1-5-7-9-11-12-13-14-15-16-17-18-19-20-22-24-26-29(27-3,28-4)25-23-21-10-8-6-2/h5-26H2,1-4H3. The molecule has 2 nitrogen and oxygen atoms in total. The molecule has 0 aromatic carbocycles. The van der Waals surface area contributed by atoms with Crippen molar-refractivity contribution < 1.29 is 8.85 Å². The quantitative estimate of drug-likeness (QED) is 0.112. The number of unbranched alkanes of at least 4 members (excludes halogenated alkanes) is 18. The Bertz CT molecular complexity index is 305. The van der Waals surface area contributed by atoms with Gasteiger partial charge in [-0.3, -0.25) is 0 Å². The molecule has 0 aromatic rings. The van der Waals surface area contributed by atoms with E-state index in [-0.39, 0.29) is 0 Å². The van der Waals surface area contributed by atoms with Gasteiger partial charge in [0.1, 0.15) is 0 Å². The summed E-state index contributed by atoms with van der Waals surface area (Å²) in [5.41, 5.74) is 0. The predicted molar refractivity (Wildman–Crippen MR) is 133 cm³/mol. The zero-order valence-corrected chi connectivity index (χ0v) is 21.9. The van der Waals surface area contributed by atoms with Gasteiger partial charge in [-0.2, -0.15) is 0 Å². The summed E-state index contributed by atoms with van der Waals surface area (Å²) in [6.07, 6.45) is 28.0. The average molecular weight is 429 g/mol. The van der Waals surface area contributed by atoms with Crippen LogP contribution < -0.4 is 0 Å². The fourth-order valence-electron chi connectivity index (χ4n) is 4.38. The molecule has 0 aromatic heterocycles. The van der Waals surface area contributed by atoms with Crippen LogP contribution in [0.3, 0.4) is 0 Å². The van der Waals surface area contributed by atoms with Crippen molar-refractivity contribution in [3.63, 3.8) is 0 Å². The molecule has 0 rings (SSSR count). The molecule has 0 N–H and O–H groups in total. The molecule has 0 saturated carbocycles. The minimum Gasteiger partial charge on any atom is -0.398 e. The second kappa shape index (κ2) is 22.8. The van der Waals surface area contributed by atoms with E-state index < -0.39 is 8.56 Å². The lowest BCUT2D eigenvalue weighted by Gasteiger charge is -2.27.